The Kier molecular flexibility index (Phi) is 6.08. The highest BCUT2D eigenvalue weighted by Gasteiger charge is 2.27. The molecule has 4 N–H and O–H groups in total. The standard InChI is InChI=1S/C19H21N3O3S2/c1-11-7-8-13-14(9-11)27-18(16(13)17(20)24)22-19(26)21-15(23)10-25-12-5-3-2-4-6-12/h2-6,11H,7-10H2,1H3,(H2,20,24)(H2,21,22,23,26)/t11-/m1/s1. The summed E-state index contributed by atoms with van der Waals surface area (Å²) in [5.74, 6) is 0.312. The fourth-order valence-electron chi connectivity index (χ4n) is 3.06. The van der Waals surface area contributed by atoms with Crippen molar-refractivity contribution in [1.82, 2.24) is 5.32 Å². The van der Waals surface area contributed by atoms with Gasteiger partial charge in [0.25, 0.3) is 11.8 Å². The Morgan fingerprint density at radius 2 is 2.07 bits per heavy atom. The van der Waals surface area contributed by atoms with Crippen LogP contribution >= 0.6 is 23.6 Å². The van der Waals surface area contributed by atoms with Crippen LogP contribution in [0, 0.1) is 5.92 Å². The van der Waals surface area contributed by atoms with Crippen LogP contribution in [0.3, 0.4) is 0 Å². The number of thiocarbonyl (C=S) groups is 1. The Hall–Kier alpha value is -2.45. The number of benzene rings is 1. The van der Waals surface area contributed by atoms with E-state index in [4.69, 9.17) is 22.7 Å². The molecule has 1 aromatic carbocycles. The number of hydrogen-bond donors (Lipinski definition) is 3. The Labute approximate surface area is 167 Å². The molecule has 1 atom stereocenters. The number of thiophene rings is 1. The molecule has 1 aliphatic rings. The third-order valence-electron chi connectivity index (χ3n) is 4.35. The Morgan fingerprint density at radius 3 is 2.78 bits per heavy atom. The van der Waals surface area contributed by atoms with Gasteiger partial charge >= 0.3 is 0 Å². The lowest BCUT2D eigenvalue weighted by Gasteiger charge is -2.18. The normalized spacial score (nSPS) is 15.5. The van der Waals surface area contributed by atoms with E-state index in [1.54, 1.807) is 12.1 Å². The zero-order valence-electron chi connectivity index (χ0n) is 14.9. The molecule has 0 spiro atoms. The van der Waals surface area contributed by atoms with Gasteiger partial charge < -0.3 is 15.8 Å². The zero-order valence-corrected chi connectivity index (χ0v) is 16.5. The van der Waals surface area contributed by atoms with E-state index in [0.717, 1.165) is 29.7 Å². The zero-order chi connectivity index (χ0) is 19.4. The molecule has 0 saturated heterocycles. The minimum Gasteiger partial charge on any atom is -0.484 e. The van der Waals surface area contributed by atoms with E-state index < -0.39 is 5.91 Å². The molecule has 2 aromatic rings. The predicted molar refractivity (Wildman–Crippen MR) is 110 cm³/mol. The molecule has 8 heteroatoms. The van der Waals surface area contributed by atoms with Crippen LogP contribution in [0.15, 0.2) is 30.3 Å². The summed E-state index contributed by atoms with van der Waals surface area (Å²) in [6, 6.07) is 9.04. The number of amides is 2. The van der Waals surface area contributed by atoms with Crippen molar-refractivity contribution in [3.8, 4) is 5.75 Å². The second kappa shape index (κ2) is 8.49. The minimum absolute atomic E-state index is 0.116. The van der Waals surface area contributed by atoms with E-state index >= 15 is 0 Å². The van der Waals surface area contributed by atoms with Crippen molar-refractivity contribution in [3.63, 3.8) is 0 Å². The molecule has 27 heavy (non-hydrogen) atoms. The molecule has 3 rings (SSSR count). The first-order valence-electron chi connectivity index (χ1n) is 8.67. The fourth-order valence-corrected chi connectivity index (χ4v) is 4.76. The van der Waals surface area contributed by atoms with E-state index in [-0.39, 0.29) is 17.6 Å². The number of para-hydroxylation sites is 1. The molecule has 0 saturated carbocycles. The summed E-state index contributed by atoms with van der Waals surface area (Å²) in [4.78, 5) is 25.1. The van der Waals surface area contributed by atoms with Gasteiger partial charge in [0, 0.05) is 4.88 Å². The van der Waals surface area contributed by atoms with Gasteiger partial charge in [0.2, 0.25) is 0 Å². The molecule has 0 bridgehead atoms. The first-order valence-corrected chi connectivity index (χ1v) is 9.89. The van der Waals surface area contributed by atoms with Crippen LogP contribution in [0.2, 0.25) is 0 Å². The molecule has 0 radical (unpaired) electrons. The van der Waals surface area contributed by atoms with Gasteiger partial charge in [-0.1, -0.05) is 25.1 Å². The number of nitrogens with two attached hydrogens (primary N) is 1. The summed E-state index contributed by atoms with van der Waals surface area (Å²) >= 11 is 6.69. The highest BCUT2D eigenvalue weighted by molar-refractivity contribution is 7.80. The molecule has 0 fully saturated rings. The van der Waals surface area contributed by atoms with E-state index in [2.05, 4.69) is 17.6 Å². The molecular formula is C19H21N3O3S2. The van der Waals surface area contributed by atoms with Crippen molar-refractivity contribution in [2.45, 2.75) is 26.2 Å². The van der Waals surface area contributed by atoms with Gasteiger partial charge in [-0.2, -0.15) is 0 Å². The van der Waals surface area contributed by atoms with Gasteiger partial charge in [-0.25, -0.2) is 0 Å². The van der Waals surface area contributed by atoms with Crippen molar-refractivity contribution in [2.75, 3.05) is 11.9 Å². The number of carbonyl (C=O) groups is 2. The topological polar surface area (TPSA) is 93.4 Å². The minimum atomic E-state index is -0.480. The molecule has 142 valence electrons. The fraction of sp³-hybridized carbons (Fsp3) is 0.316. The van der Waals surface area contributed by atoms with Crippen LogP contribution in [0.5, 0.6) is 5.75 Å². The number of rotatable bonds is 5. The summed E-state index contributed by atoms with van der Waals surface area (Å²) in [5.41, 5.74) is 7.08. The highest BCUT2D eigenvalue weighted by atomic mass is 32.1. The first-order chi connectivity index (χ1) is 12.9. The molecule has 0 aliphatic heterocycles. The van der Waals surface area contributed by atoms with Crippen LogP contribution in [0.1, 0.15) is 34.1 Å². The van der Waals surface area contributed by atoms with Gasteiger partial charge in [0.05, 0.1) is 5.56 Å². The second-order valence-electron chi connectivity index (χ2n) is 6.52. The third kappa shape index (κ3) is 4.84. The van der Waals surface area contributed by atoms with Crippen molar-refractivity contribution >= 4 is 45.5 Å². The van der Waals surface area contributed by atoms with Gasteiger partial charge in [-0.3, -0.25) is 14.9 Å². The first kappa shape index (κ1) is 19.3. The Bertz CT molecular complexity index is 865. The highest BCUT2D eigenvalue weighted by Crippen LogP contribution is 2.39. The van der Waals surface area contributed by atoms with Crippen LogP contribution < -0.4 is 21.1 Å². The summed E-state index contributed by atoms with van der Waals surface area (Å²) in [6.45, 7) is 2.03. The van der Waals surface area contributed by atoms with Gasteiger partial charge in [0.15, 0.2) is 11.7 Å². The lowest BCUT2D eigenvalue weighted by Crippen LogP contribution is -2.37. The van der Waals surface area contributed by atoms with E-state index in [1.807, 2.05) is 18.2 Å². The largest absolute Gasteiger partial charge is 0.484 e. The summed E-state index contributed by atoms with van der Waals surface area (Å²) in [7, 11) is 0. The van der Waals surface area contributed by atoms with E-state index in [9.17, 15) is 9.59 Å². The molecule has 6 nitrogen and oxygen atoms in total. The monoisotopic (exact) mass is 403 g/mol. The van der Waals surface area contributed by atoms with Crippen molar-refractivity contribution in [1.29, 1.82) is 0 Å². The Morgan fingerprint density at radius 1 is 1.33 bits per heavy atom. The molecule has 1 heterocycles. The molecular weight excluding hydrogens is 382 g/mol. The quantitative estimate of drug-likeness (QED) is 0.668. The number of ether oxygens (including phenoxy) is 1. The Balaban J connectivity index is 1.62. The number of nitrogens with one attached hydrogen (secondary N) is 2. The average Bonchev–Trinajstić information content (AvgIpc) is 2.97. The van der Waals surface area contributed by atoms with Crippen LogP contribution in [-0.4, -0.2) is 23.5 Å². The second-order valence-corrected chi connectivity index (χ2v) is 8.04. The third-order valence-corrected chi connectivity index (χ3v) is 5.73. The molecule has 0 unspecified atom stereocenters. The number of carbonyl (C=O) groups excluding carboxylic acids is 2. The lowest BCUT2D eigenvalue weighted by atomic mass is 9.88. The predicted octanol–water partition coefficient (Wildman–Crippen LogP) is 2.86. The van der Waals surface area contributed by atoms with E-state index in [1.165, 1.54) is 11.3 Å². The summed E-state index contributed by atoms with van der Waals surface area (Å²) < 4.78 is 5.39. The van der Waals surface area contributed by atoms with Crippen molar-refractivity contribution < 1.29 is 14.3 Å². The summed E-state index contributed by atoms with van der Waals surface area (Å²) in [5, 5.41) is 6.23. The van der Waals surface area contributed by atoms with Crippen LogP contribution in [-0.2, 0) is 17.6 Å². The van der Waals surface area contributed by atoms with Gasteiger partial charge in [-0.15, -0.1) is 11.3 Å². The van der Waals surface area contributed by atoms with Crippen LogP contribution in [0.25, 0.3) is 0 Å². The molecule has 2 amide bonds. The lowest BCUT2D eigenvalue weighted by molar-refractivity contribution is -0.121. The maximum Gasteiger partial charge on any atom is 0.264 e. The number of anilines is 1. The van der Waals surface area contributed by atoms with Crippen molar-refractivity contribution in [2.24, 2.45) is 11.7 Å². The smallest absolute Gasteiger partial charge is 0.264 e. The maximum absolute atomic E-state index is 12.0. The summed E-state index contributed by atoms with van der Waals surface area (Å²) in [6.07, 6.45) is 2.78. The van der Waals surface area contributed by atoms with Gasteiger partial charge in [0.1, 0.15) is 10.8 Å². The molecule has 1 aliphatic carbocycles. The number of primary amides is 1. The van der Waals surface area contributed by atoms with Crippen LogP contribution in [0.4, 0.5) is 5.00 Å². The van der Waals surface area contributed by atoms with Crippen molar-refractivity contribution in [3.05, 3.63) is 46.3 Å². The number of hydrogen-bond acceptors (Lipinski definition) is 5. The molecule has 1 aromatic heterocycles. The van der Waals surface area contributed by atoms with Gasteiger partial charge in [-0.05, 0) is 55.1 Å². The van der Waals surface area contributed by atoms with E-state index in [0.29, 0.717) is 22.2 Å². The SMILES string of the molecule is C[C@@H]1CCc2c(sc(NC(=S)NC(=O)COc3ccccc3)c2C(N)=O)C1. The number of fused-ring (bicyclic) bond motifs is 1. The maximum atomic E-state index is 12.0. The average molecular weight is 404 g/mol.